The van der Waals surface area contributed by atoms with E-state index in [4.69, 9.17) is 0 Å². The Labute approximate surface area is 145 Å². The number of likely N-dealkylation sites (tertiary alicyclic amines) is 1. The molecule has 0 saturated carbocycles. The van der Waals surface area contributed by atoms with Crippen molar-refractivity contribution in [1.29, 1.82) is 0 Å². The summed E-state index contributed by atoms with van der Waals surface area (Å²) in [6.07, 6.45) is 2.21. The summed E-state index contributed by atoms with van der Waals surface area (Å²) in [6.45, 7) is 6.01. The number of nitrogens with zero attached hydrogens (tertiary/aromatic N) is 3. The van der Waals surface area contributed by atoms with Gasteiger partial charge >= 0.3 is 0 Å². The fraction of sp³-hybridized carbons (Fsp3) is 0.368. The molecule has 1 aromatic carbocycles. The van der Waals surface area contributed by atoms with Crippen LogP contribution in [-0.2, 0) is 0 Å². The van der Waals surface area contributed by atoms with Gasteiger partial charge in [0, 0.05) is 18.5 Å². The van der Waals surface area contributed by atoms with Crippen LogP contribution in [0.1, 0.15) is 35.1 Å². The third-order valence-corrected chi connectivity index (χ3v) is 5.93. The first-order valence-corrected chi connectivity index (χ1v) is 9.29. The fourth-order valence-electron chi connectivity index (χ4n) is 3.26. The first kappa shape index (κ1) is 15.4. The number of aromatic nitrogens is 2. The van der Waals surface area contributed by atoms with Gasteiger partial charge in [-0.3, -0.25) is 4.79 Å². The van der Waals surface area contributed by atoms with E-state index in [1.54, 1.807) is 11.3 Å². The average Bonchev–Trinajstić information content (AvgIpc) is 3.17. The number of amides is 1. The van der Waals surface area contributed by atoms with Crippen LogP contribution < -0.4 is 0 Å². The van der Waals surface area contributed by atoms with Crippen molar-refractivity contribution >= 4 is 27.5 Å². The number of aryl methyl sites for hydroxylation is 1. The second-order valence-electron chi connectivity index (χ2n) is 6.64. The number of hydrogen-bond donors (Lipinski definition) is 0. The van der Waals surface area contributed by atoms with E-state index >= 15 is 0 Å². The van der Waals surface area contributed by atoms with Gasteiger partial charge in [-0.2, -0.15) is 5.10 Å². The molecule has 0 atom stereocenters. The van der Waals surface area contributed by atoms with Gasteiger partial charge in [0.1, 0.15) is 4.83 Å². The highest BCUT2D eigenvalue weighted by Gasteiger charge is 2.24. The van der Waals surface area contributed by atoms with Crippen molar-refractivity contribution in [2.45, 2.75) is 26.7 Å². The number of benzene rings is 1. The van der Waals surface area contributed by atoms with Crippen LogP contribution in [0.3, 0.4) is 0 Å². The molecule has 4 rings (SSSR count). The summed E-state index contributed by atoms with van der Waals surface area (Å²) in [5, 5.41) is 5.73. The Hall–Kier alpha value is -2.14. The third kappa shape index (κ3) is 2.63. The zero-order valence-electron chi connectivity index (χ0n) is 14.0. The molecule has 1 aliphatic rings. The summed E-state index contributed by atoms with van der Waals surface area (Å²) in [4.78, 5) is 16.7. The maximum Gasteiger partial charge on any atom is 0.264 e. The van der Waals surface area contributed by atoms with Crippen molar-refractivity contribution in [1.82, 2.24) is 14.7 Å². The molecule has 0 unspecified atom stereocenters. The fourth-order valence-corrected chi connectivity index (χ4v) is 4.42. The number of carbonyl (C=O) groups is 1. The van der Waals surface area contributed by atoms with E-state index in [1.165, 1.54) is 0 Å². The molecule has 0 aliphatic carbocycles. The van der Waals surface area contributed by atoms with Crippen LogP contribution in [0.15, 0.2) is 36.4 Å². The molecule has 3 heterocycles. The van der Waals surface area contributed by atoms with Gasteiger partial charge in [0.15, 0.2) is 0 Å². The zero-order valence-corrected chi connectivity index (χ0v) is 14.8. The first-order valence-electron chi connectivity index (χ1n) is 8.47. The summed E-state index contributed by atoms with van der Waals surface area (Å²) in [5.74, 6) is 0.896. The van der Waals surface area contributed by atoms with E-state index < -0.39 is 0 Å². The molecule has 3 aromatic rings. The molecule has 2 aromatic heterocycles. The SMILES string of the molecule is Cc1nn(-c2ccccc2)c2sc(C(=O)N3CCC(C)CC3)cc12. The molecule has 0 spiro atoms. The van der Waals surface area contributed by atoms with E-state index in [1.807, 2.05) is 52.9 Å². The Morgan fingerprint density at radius 3 is 2.62 bits per heavy atom. The topological polar surface area (TPSA) is 38.1 Å². The van der Waals surface area contributed by atoms with E-state index in [0.717, 1.165) is 58.3 Å². The van der Waals surface area contributed by atoms with Gasteiger partial charge in [-0.05, 0) is 43.9 Å². The molecule has 1 saturated heterocycles. The lowest BCUT2D eigenvalue weighted by Crippen LogP contribution is -2.37. The quantitative estimate of drug-likeness (QED) is 0.699. The molecule has 0 N–H and O–H groups in total. The van der Waals surface area contributed by atoms with Crippen molar-refractivity contribution in [3.05, 3.63) is 47.0 Å². The van der Waals surface area contributed by atoms with Crippen LogP contribution >= 0.6 is 11.3 Å². The summed E-state index contributed by atoms with van der Waals surface area (Å²) in [7, 11) is 0. The molecule has 1 amide bonds. The summed E-state index contributed by atoms with van der Waals surface area (Å²) in [6, 6.07) is 12.1. The van der Waals surface area contributed by atoms with Crippen molar-refractivity contribution in [2.24, 2.45) is 5.92 Å². The summed E-state index contributed by atoms with van der Waals surface area (Å²) < 4.78 is 1.95. The lowest BCUT2D eigenvalue weighted by Gasteiger charge is -2.29. The van der Waals surface area contributed by atoms with Gasteiger partial charge in [0.05, 0.1) is 16.3 Å². The standard InChI is InChI=1S/C19H21N3OS/c1-13-8-10-21(11-9-13)18(23)17-12-16-14(2)20-22(19(16)24-17)15-6-4-3-5-7-15/h3-7,12-13H,8-11H2,1-2H3. The van der Waals surface area contributed by atoms with Crippen LogP contribution in [0.5, 0.6) is 0 Å². The molecule has 4 nitrogen and oxygen atoms in total. The largest absolute Gasteiger partial charge is 0.338 e. The van der Waals surface area contributed by atoms with E-state index in [-0.39, 0.29) is 5.91 Å². The first-order chi connectivity index (χ1) is 11.6. The Morgan fingerprint density at radius 2 is 1.92 bits per heavy atom. The van der Waals surface area contributed by atoms with E-state index in [0.29, 0.717) is 0 Å². The number of fused-ring (bicyclic) bond motifs is 1. The minimum Gasteiger partial charge on any atom is -0.338 e. The van der Waals surface area contributed by atoms with Crippen LogP contribution in [0.2, 0.25) is 0 Å². The van der Waals surface area contributed by atoms with Gasteiger partial charge < -0.3 is 4.90 Å². The number of thiophene rings is 1. The van der Waals surface area contributed by atoms with Crippen LogP contribution in [0.4, 0.5) is 0 Å². The van der Waals surface area contributed by atoms with Crippen molar-refractivity contribution < 1.29 is 4.79 Å². The highest BCUT2D eigenvalue weighted by Crippen LogP contribution is 2.31. The highest BCUT2D eigenvalue weighted by atomic mass is 32.1. The maximum atomic E-state index is 12.8. The van der Waals surface area contributed by atoms with E-state index in [2.05, 4.69) is 12.0 Å². The van der Waals surface area contributed by atoms with Crippen LogP contribution in [0.25, 0.3) is 15.9 Å². The molecule has 1 aliphatic heterocycles. The Morgan fingerprint density at radius 1 is 1.21 bits per heavy atom. The summed E-state index contributed by atoms with van der Waals surface area (Å²) in [5.41, 5.74) is 2.00. The van der Waals surface area contributed by atoms with Gasteiger partial charge in [0.2, 0.25) is 0 Å². The molecule has 1 fully saturated rings. The van der Waals surface area contributed by atoms with Gasteiger partial charge in [-0.15, -0.1) is 11.3 Å². The highest BCUT2D eigenvalue weighted by molar-refractivity contribution is 7.20. The van der Waals surface area contributed by atoms with Crippen molar-refractivity contribution in [3.8, 4) is 5.69 Å². The average molecular weight is 339 g/mol. The minimum absolute atomic E-state index is 0.169. The van der Waals surface area contributed by atoms with Crippen LogP contribution in [-0.4, -0.2) is 33.7 Å². The molecule has 0 radical (unpaired) electrons. The number of piperidine rings is 1. The monoisotopic (exact) mass is 339 g/mol. The number of hydrogen-bond acceptors (Lipinski definition) is 3. The molecular formula is C19H21N3OS. The number of rotatable bonds is 2. The smallest absolute Gasteiger partial charge is 0.264 e. The Kier molecular flexibility index (Phi) is 3.88. The van der Waals surface area contributed by atoms with Crippen molar-refractivity contribution in [2.75, 3.05) is 13.1 Å². The maximum absolute atomic E-state index is 12.8. The predicted molar refractivity (Wildman–Crippen MR) is 98.0 cm³/mol. The van der Waals surface area contributed by atoms with Gasteiger partial charge in [0.25, 0.3) is 5.91 Å². The predicted octanol–water partition coefficient (Wildman–Crippen LogP) is 4.27. The number of para-hydroxylation sites is 1. The minimum atomic E-state index is 0.169. The van der Waals surface area contributed by atoms with Crippen LogP contribution in [0, 0.1) is 12.8 Å². The molecular weight excluding hydrogens is 318 g/mol. The molecule has 24 heavy (non-hydrogen) atoms. The second kappa shape index (κ2) is 6.06. The lowest BCUT2D eigenvalue weighted by atomic mass is 9.99. The lowest BCUT2D eigenvalue weighted by molar-refractivity contribution is 0.0702. The Bertz CT molecular complexity index is 873. The Balaban J connectivity index is 1.70. The summed E-state index contributed by atoms with van der Waals surface area (Å²) >= 11 is 1.55. The molecule has 0 bridgehead atoms. The molecule has 5 heteroatoms. The normalized spacial score (nSPS) is 16.0. The molecule has 124 valence electrons. The van der Waals surface area contributed by atoms with Gasteiger partial charge in [-0.1, -0.05) is 25.1 Å². The third-order valence-electron chi connectivity index (χ3n) is 4.83. The second-order valence-corrected chi connectivity index (χ2v) is 7.67. The van der Waals surface area contributed by atoms with Gasteiger partial charge in [-0.25, -0.2) is 4.68 Å². The van der Waals surface area contributed by atoms with Crippen molar-refractivity contribution in [3.63, 3.8) is 0 Å². The van der Waals surface area contributed by atoms with E-state index in [9.17, 15) is 4.79 Å². The zero-order chi connectivity index (χ0) is 16.7. The number of carbonyl (C=O) groups excluding carboxylic acids is 1.